The molecule has 6 nitrogen and oxygen atoms in total. The number of nitrogens with zero attached hydrogens (tertiary/aromatic N) is 5. The molecule has 4 heterocycles. The number of imidazole rings is 1. The van der Waals surface area contributed by atoms with E-state index in [0.29, 0.717) is 18.1 Å². The van der Waals surface area contributed by atoms with Crippen LogP contribution in [0.3, 0.4) is 0 Å². The Balaban J connectivity index is 1.70. The van der Waals surface area contributed by atoms with E-state index in [4.69, 9.17) is 5.73 Å². The maximum absolute atomic E-state index is 5.91. The summed E-state index contributed by atoms with van der Waals surface area (Å²) in [5.74, 6) is 1.14. The van der Waals surface area contributed by atoms with E-state index in [1.54, 1.807) is 6.33 Å². The van der Waals surface area contributed by atoms with Gasteiger partial charge < -0.3 is 14.7 Å². The van der Waals surface area contributed by atoms with Crippen LogP contribution in [0.4, 0.5) is 5.82 Å². The molecule has 26 heavy (non-hydrogen) atoms. The highest BCUT2D eigenvalue weighted by atomic mass is 15.1. The van der Waals surface area contributed by atoms with Gasteiger partial charge in [-0.1, -0.05) is 36.4 Å². The lowest BCUT2D eigenvalue weighted by Gasteiger charge is -2.12. The number of anilines is 1. The van der Waals surface area contributed by atoms with Crippen LogP contribution in [0.25, 0.3) is 28.3 Å². The van der Waals surface area contributed by atoms with Gasteiger partial charge >= 0.3 is 0 Å². The first kappa shape index (κ1) is 14.7. The van der Waals surface area contributed by atoms with Crippen molar-refractivity contribution in [2.45, 2.75) is 6.54 Å². The summed E-state index contributed by atoms with van der Waals surface area (Å²) in [5, 5.41) is 0. The van der Waals surface area contributed by atoms with Crippen LogP contribution in [-0.4, -0.2) is 23.9 Å². The summed E-state index contributed by atoms with van der Waals surface area (Å²) in [6, 6.07) is 18.8. The fourth-order valence-electron chi connectivity index (χ4n) is 3.42. The summed E-state index contributed by atoms with van der Waals surface area (Å²) < 4.78 is 4.20. The van der Waals surface area contributed by atoms with Crippen LogP contribution in [0, 0.1) is 0 Å². The van der Waals surface area contributed by atoms with E-state index in [1.165, 1.54) is 17.5 Å². The smallest absolute Gasteiger partial charge is 0.165 e. The van der Waals surface area contributed by atoms with Crippen molar-refractivity contribution < 1.29 is 0 Å². The molecule has 0 saturated heterocycles. The average molecular weight is 340 g/mol. The maximum Gasteiger partial charge on any atom is 0.165 e. The molecular formula is C20H16N6. The highest BCUT2D eigenvalue weighted by Crippen LogP contribution is 2.30. The van der Waals surface area contributed by atoms with Gasteiger partial charge in [-0.3, -0.25) is 0 Å². The zero-order valence-electron chi connectivity index (χ0n) is 13.9. The number of fused-ring (bicyclic) bond motifs is 2. The lowest BCUT2D eigenvalue weighted by molar-refractivity contribution is 0.764. The molecule has 3 aromatic rings. The molecule has 0 fully saturated rings. The lowest BCUT2D eigenvalue weighted by Crippen LogP contribution is -2.09. The SMILES string of the molecule is Nc1ncn(Cc2cc3ccccn3c2-c2ccccc2)c2ncnc1-2. The predicted molar refractivity (Wildman–Crippen MR) is 101 cm³/mol. The quantitative estimate of drug-likeness (QED) is 0.547. The van der Waals surface area contributed by atoms with Gasteiger partial charge in [0.15, 0.2) is 11.6 Å². The second kappa shape index (κ2) is 5.70. The number of rotatable bonds is 3. The Morgan fingerprint density at radius 2 is 1.77 bits per heavy atom. The summed E-state index contributed by atoms with van der Waals surface area (Å²) in [7, 11) is 0. The maximum atomic E-state index is 5.91. The molecule has 0 atom stereocenters. The average Bonchev–Trinajstić information content (AvgIpc) is 3.30. The Hall–Kier alpha value is -3.67. The first-order valence-corrected chi connectivity index (χ1v) is 8.37. The van der Waals surface area contributed by atoms with Crippen molar-refractivity contribution in [3.05, 3.63) is 79.0 Å². The number of hydrogen-bond acceptors (Lipinski definition) is 4. The molecule has 0 unspecified atom stereocenters. The van der Waals surface area contributed by atoms with Gasteiger partial charge in [0, 0.05) is 11.7 Å². The number of pyridine rings is 1. The van der Waals surface area contributed by atoms with E-state index in [1.807, 2.05) is 22.8 Å². The Morgan fingerprint density at radius 1 is 0.923 bits per heavy atom. The fraction of sp³-hybridized carbons (Fsp3) is 0.0500. The second-order valence-corrected chi connectivity index (χ2v) is 6.18. The van der Waals surface area contributed by atoms with Gasteiger partial charge in [-0.15, -0.1) is 0 Å². The Bertz CT molecular complexity index is 1170. The van der Waals surface area contributed by atoms with Crippen molar-refractivity contribution in [3.8, 4) is 22.8 Å². The van der Waals surface area contributed by atoms with Gasteiger partial charge in [-0.05, 0) is 29.3 Å². The topological polar surface area (TPSA) is 74.0 Å². The molecule has 0 amide bonds. The predicted octanol–water partition coefficient (Wildman–Crippen LogP) is 3.33. The van der Waals surface area contributed by atoms with Gasteiger partial charge in [-0.2, -0.15) is 0 Å². The van der Waals surface area contributed by atoms with Gasteiger partial charge in [-0.25, -0.2) is 15.0 Å². The number of nitrogen functional groups attached to an aromatic ring is 1. The van der Waals surface area contributed by atoms with Crippen LogP contribution in [0.2, 0.25) is 0 Å². The fourth-order valence-corrected chi connectivity index (χ4v) is 3.42. The van der Waals surface area contributed by atoms with Crippen molar-refractivity contribution in [2.75, 3.05) is 5.73 Å². The molecule has 2 aromatic heterocycles. The normalized spacial score (nSPS) is 11.4. The Morgan fingerprint density at radius 3 is 2.65 bits per heavy atom. The van der Waals surface area contributed by atoms with Gasteiger partial charge in [0.25, 0.3) is 0 Å². The monoisotopic (exact) mass is 340 g/mol. The third-order valence-corrected chi connectivity index (χ3v) is 4.58. The van der Waals surface area contributed by atoms with E-state index < -0.39 is 0 Å². The Labute approximate surface area is 149 Å². The molecule has 1 aromatic carbocycles. The molecule has 2 N–H and O–H groups in total. The molecule has 0 saturated carbocycles. The van der Waals surface area contributed by atoms with Crippen LogP contribution in [0.5, 0.6) is 0 Å². The first-order chi connectivity index (χ1) is 12.8. The summed E-state index contributed by atoms with van der Waals surface area (Å²) in [5.41, 5.74) is 11.2. The zero-order chi connectivity index (χ0) is 17.5. The van der Waals surface area contributed by atoms with E-state index >= 15 is 0 Å². The molecule has 5 rings (SSSR count). The van der Waals surface area contributed by atoms with Crippen LogP contribution in [0.15, 0.2) is 73.4 Å². The summed E-state index contributed by atoms with van der Waals surface area (Å²) in [6.45, 7) is 0.633. The molecule has 0 aliphatic carbocycles. The largest absolute Gasteiger partial charge is 0.382 e. The van der Waals surface area contributed by atoms with E-state index in [0.717, 1.165) is 17.0 Å². The minimum atomic E-state index is 0.402. The standard InChI is InChI=1S/C20H16N6/c21-19-17-20(23-12-22-17)25(13-24-19)11-15-10-16-8-4-5-9-26(16)18(15)14-6-2-1-3-7-14/h1-10,12-13H,11,21H2. The van der Waals surface area contributed by atoms with Crippen molar-refractivity contribution in [1.82, 2.24) is 23.9 Å². The van der Waals surface area contributed by atoms with E-state index in [-0.39, 0.29) is 0 Å². The Kier molecular flexibility index (Phi) is 3.21. The molecular weight excluding hydrogens is 324 g/mol. The number of benzene rings is 1. The molecule has 6 heteroatoms. The highest BCUT2D eigenvalue weighted by Gasteiger charge is 2.18. The lowest BCUT2D eigenvalue weighted by atomic mass is 10.1. The number of aromatic nitrogens is 5. The van der Waals surface area contributed by atoms with Crippen LogP contribution < -0.4 is 5.73 Å². The van der Waals surface area contributed by atoms with Gasteiger partial charge in [0.05, 0.1) is 18.6 Å². The van der Waals surface area contributed by atoms with Crippen molar-refractivity contribution in [3.63, 3.8) is 0 Å². The van der Waals surface area contributed by atoms with Gasteiger partial charge in [0.1, 0.15) is 12.0 Å². The molecule has 2 aliphatic heterocycles. The van der Waals surface area contributed by atoms with Gasteiger partial charge in [0.2, 0.25) is 0 Å². The van der Waals surface area contributed by atoms with Crippen molar-refractivity contribution in [1.29, 1.82) is 0 Å². The number of hydrogen-bond donors (Lipinski definition) is 1. The minimum absolute atomic E-state index is 0.402. The summed E-state index contributed by atoms with van der Waals surface area (Å²) >= 11 is 0. The molecule has 0 bridgehead atoms. The van der Waals surface area contributed by atoms with E-state index in [9.17, 15) is 0 Å². The molecule has 2 aliphatic rings. The van der Waals surface area contributed by atoms with Crippen molar-refractivity contribution >= 4 is 11.3 Å². The zero-order valence-corrected chi connectivity index (χ0v) is 13.9. The molecule has 126 valence electrons. The highest BCUT2D eigenvalue weighted by molar-refractivity contribution is 5.72. The second-order valence-electron chi connectivity index (χ2n) is 6.18. The van der Waals surface area contributed by atoms with Crippen molar-refractivity contribution in [2.24, 2.45) is 0 Å². The third-order valence-electron chi connectivity index (χ3n) is 4.58. The third kappa shape index (κ3) is 2.23. The van der Waals surface area contributed by atoms with Crippen LogP contribution in [-0.2, 0) is 6.54 Å². The molecule has 0 spiro atoms. The summed E-state index contributed by atoms with van der Waals surface area (Å²) in [6.07, 6.45) is 5.34. The minimum Gasteiger partial charge on any atom is -0.382 e. The van der Waals surface area contributed by atoms with Crippen LogP contribution in [0.1, 0.15) is 5.56 Å². The van der Waals surface area contributed by atoms with Crippen LogP contribution >= 0.6 is 0 Å². The van der Waals surface area contributed by atoms with E-state index in [2.05, 4.69) is 61.9 Å². The molecule has 0 radical (unpaired) electrons. The number of nitrogens with two attached hydrogens (primary N) is 1. The first-order valence-electron chi connectivity index (χ1n) is 8.37. The summed E-state index contributed by atoms with van der Waals surface area (Å²) in [4.78, 5) is 12.8.